The monoisotopic (exact) mass is 326 g/mol. The first-order chi connectivity index (χ1) is 10.5. The molecule has 0 aliphatic carbocycles. The molecule has 0 spiro atoms. The molecule has 0 amide bonds. The summed E-state index contributed by atoms with van der Waals surface area (Å²) in [5, 5.41) is 42.1. The zero-order chi connectivity index (χ0) is 17.9. The number of rotatable bonds is 7. The summed E-state index contributed by atoms with van der Waals surface area (Å²) in [5.41, 5.74) is -1.80. The van der Waals surface area contributed by atoms with Crippen LogP contribution in [0.1, 0.15) is 57.1 Å². The van der Waals surface area contributed by atoms with Crippen molar-refractivity contribution in [2.24, 2.45) is 0 Å². The highest BCUT2D eigenvalue weighted by atomic mass is 16.6. The number of phenols is 1. The summed E-state index contributed by atoms with van der Waals surface area (Å²) < 4.78 is 0. The first kappa shape index (κ1) is 18.8. The van der Waals surface area contributed by atoms with Crippen LogP contribution in [-0.4, -0.2) is 25.7 Å². The minimum Gasteiger partial charge on any atom is -0.502 e. The molecule has 23 heavy (non-hydrogen) atoms. The quantitative estimate of drug-likeness (QED) is 0.582. The minimum absolute atomic E-state index is 0.162. The third-order valence-corrected chi connectivity index (χ3v) is 3.87. The predicted molar refractivity (Wildman–Crippen MR) is 84.7 cm³/mol. The number of hydrogen-bond donors (Lipinski definition) is 2. The zero-order valence-electron chi connectivity index (χ0n) is 13.7. The summed E-state index contributed by atoms with van der Waals surface area (Å²) in [4.78, 5) is 20.7. The Morgan fingerprint density at radius 3 is 2.26 bits per heavy atom. The van der Waals surface area contributed by atoms with E-state index < -0.39 is 26.9 Å². The molecule has 0 radical (unpaired) electrons. The number of aliphatic hydroxyl groups is 1. The van der Waals surface area contributed by atoms with E-state index in [0.717, 1.165) is 0 Å². The zero-order valence-corrected chi connectivity index (χ0v) is 13.7. The van der Waals surface area contributed by atoms with Gasteiger partial charge in [0.2, 0.25) is 0 Å². The standard InChI is InChI=1S/C15H22N2O6/c1-9(6-5-7-15(3,4)19)11-8-12(16(20)21)10(2)13(14(11)18)17(22)23/h8-9,18-19H,5-7H2,1-4H3/t9-/m0/s1. The second-order valence-corrected chi connectivity index (χ2v) is 6.43. The van der Waals surface area contributed by atoms with Crippen LogP contribution in [-0.2, 0) is 0 Å². The van der Waals surface area contributed by atoms with Crippen LogP contribution in [0.15, 0.2) is 6.07 Å². The van der Waals surface area contributed by atoms with Gasteiger partial charge >= 0.3 is 5.69 Å². The molecule has 0 aliphatic heterocycles. The lowest BCUT2D eigenvalue weighted by Crippen LogP contribution is -2.18. The van der Waals surface area contributed by atoms with Crippen molar-refractivity contribution < 1.29 is 20.1 Å². The number of aromatic hydroxyl groups is 1. The van der Waals surface area contributed by atoms with Crippen molar-refractivity contribution in [2.45, 2.75) is 58.5 Å². The molecule has 1 atom stereocenters. The van der Waals surface area contributed by atoms with E-state index in [1.54, 1.807) is 20.8 Å². The third-order valence-electron chi connectivity index (χ3n) is 3.87. The smallest absolute Gasteiger partial charge is 0.320 e. The lowest BCUT2D eigenvalue weighted by atomic mass is 9.90. The van der Waals surface area contributed by atoms with Gasteiger partial charge in [0.1, 0.15) is 5.56 Å². The van der Waals surface area contributed by atoms with E-state index >= 15 is 0 Å². The molecule has 0 aliphatic rings. The Kier molecular flexibility index (Phi) is 5.65. The first-order valence-electron chi connectivity index (χ1n) is 7.33. The number of nitrogens with zero attached hydrogens (tertiary/aromatic N) is 2. The van der Waals surface area contributed by atoms with Gasteiger partial charge in [-0.3, -0.25) is 20.2 Å². The highest BCUT2D eigenvalue weighted by molar-refractivity contribution is 5.65. The van der Waals surface area contributed by atoms with Gasteiger partial charge in [-0.1, -0.05) is 13.3 Å². The molecule has 1 rings (SSSR count). The number of hydrogen-bond acceptors (Lipinski definition) is 6. The molecule has 8 nitrogen and oxygen atoms in total. The predicted octanol–water partition coefficient (Wildman–Crippen LogP) is 3.56. The van der Waals surface area contributed by atoms with Gasteiger partial charge < -0.3 is 10.2 Å². The fourth-order valence-electron chi connectivity index (χ4n) is 2.54. The Morgan fingerprint density at radius 1 is 1.26 bits per heavy atom. The molecule has 0 unspecified atom stereocenters. The minimum atomic E-state index is -0.826. The number of nitro groups is 2. The van der Waals surface area contributed by atoms with Gasteiger partial charge in [0.25, 0.3) is 5.69 Å². The average molecular weight is 326 g/mol. The second kappa shape index (κ2) is 6.91. The van der Waals surface area contributed by atoms with E-state index in [4.69, 9.17) is 0 Å². The van der Waals surface area contributed by atoms with Crippen molar-refractivity contribution in [1.82, 2.24) is 0 Å². The molecule has 0 fully saturated rings. The lowest BCUT2D eigenvalue weighted by molar-refractivity contribution is -0.396. The van der Waals surface area contributed by atoms with Crippen LogP contribution >= 0.6 is 0 Å². The van der Waals surface area contributed by atoms with E-state index in [0.29, 0.717) is 19.3 Å². The summed E-state index contributed by atoms with van der Waals surface area (Å²) in [6.45, 7) is 6.34. The second-order valence-electron chi connectivity index (χ2n) is 6.43. The normalized spacial score (nSPS) is 12.9. The fraction of sp³-hybridized carbons (Fsp3) is 0.600. The summed E-state index contributed by atoms with van der Waals surface area (Å²) in [7, 11) is 0. The van der Waals surface area contributed by atoms with Crippen molar-refractivity contribution in [2.75, 3.05) is 0 Å². The van der Waals surface area contributed by atoms with Gasteiger partial charge in [-0.05, 0) is 39.5 Å². The Morgan fingerprint density at radius 2 is 1.83 bits per heavy atom. The first-order valence-corrected chi connectivity index (χ1v) is 7.33. The van der Waals surface area contributed by atoms with Crippen molar-refractivity contribution in [3.63, 3.8) is 0 Å². The molecule has 1 aromatic rings. The van der Waals surface area contributed by atoms with Crippen LogP contribution in [0, 0.1) is 27.2 Å². The van der Waals surface area contributed by atoms with Crippen molar-refractivity contribution in [1.29, 1.82) is 0 Å². The molecule has 128 valence electrons. The highest BCUT2D eigenvalue weighted by Gasteiger charge is 2.31. The maximum atomic E-state index is 11.1. The van der Waals surface area contributed by atoms with Crippen LogP contribution < -0.4 is 0 Å². The fourth-order valence-corrected chi connectivity index (χ4v) is 2.54. The van der Waals surface area contributed by atoms with E-state index in [2.05, 4.69) is 0 Å². The molecule has 0 aromatic heterocycles. The maximum absolute atomic E-state index is 11.1. The number of nitro benzene ring substituents is 2. The maximum Gasteiger partial charge on any atom is 0.320 e. The highest BCUT2D eigenvalue weighted by Crippen LogP contribution is 2.43. The van der Waals surface area contributed by atoms with Gasteiger partial charge in [-0.25, -0.2) is 0 Å². The van der Waals surface area contributed by atoms with Crippen molar-refractivity contribution in [3.05, 3.63) is 37.4 Å². The van der Waals surface area contributed by atoms with E-state index in [-0.39, 0.29) is 22.7 Å². The Bertz CT molecular complexity index is 621. The van der Waals surface area contributed by atoms with Crippen LogP contribution in [0.3, 0.4) is 0 Å². The lowest BCUT2D eigenvalue weighted by Gasteiger charge is -2.19. The Labute approximate surface area is 134 Å². The Balaban J connectivity index is 3.20. The van der Waals surface area contributed by atoms with E-state index in [1.807, 2.05) is 0 Å². The molecule has 1 aromatic carbocycles. The summed E-state index contributed by atoms with van der Waals surface area (Å²) in [5.74, 6) is -0.829. The van der Waals surface area contributed by atoms with Gasteiger partial charge in [-0.15, -0.1) is 0 Å². The van der Waals surface area contributed by atoms with Crippen molar-refractivity contribution >= 4 is 11.4 Å². The van der Waals surface area contributed by atoms with E-state index in [9.17, 15) is 30.4 Å². The number of benzene rings is 1. The average Bonchev–Trinajstić information content (AvgIpc) is 2.36. The molecule has 2 N–H and O–H groups in total. The van der Waals surface area contributed by atoms with Gasteiger partial charge in [0, 0.05) is 11.6 Å². The SMILES string of the molecule is Cc1c([N+](=O)[O-])cc([C@@H](C)CCCC(C)(C)O)c(O)c1[N+](=O)[O-]. The Hall–Kier alpha value is -2.22. The van der Waals surface area contributed by atoms with Crippen molar-refractivity contribution in [3.8, 4) is 5.75 Å². The molecule has 8 heteroatoms. The number of phenolic OH excluding ortho intramolecular Hbond substituents is 1. The third kappa shape index (κ3) is 4.62. The molecular formula is C15H22N2O6. The van der Waals surface area contributed by atoms with Crippen LogP contribution in [0.25, 0.3) is 0 Å². The van der Waals surface area contributed by atoms with Crippen LogP contribution in [0.4, 0.5) is 11.4 Å². The van der Waals surface area contributed by atoms with Crippen LogP contribution in [0.5, 0.6) is 5.75 Å². The van der Waals surface area contributed by atoms with Gasteiger partial charge in [0.15, 0.2) is 5.75 Å². The van der Waals surface area contributed by atoms with Gasteiger partial charge in [0.05, 0.1) is 15.4 Å². The summed E-state index contributed by atoms with van der Waals surface area (Å²) in [6.07, 6.45) is 1.68. The molecule has 0 heterocycles. The summed E-state index contributed by atoms with van der Waals surface area (Å²) in [6, 6.07) is 1.20. The molecule has 0 bridgehead atoms. The summed E-state index contributed by atoms with van der Waals surface area (Å²) >= 11 is 0. The largest absolute Gasteiger partial charge is 0.502 e. The molecular weight excluding hydrogens is 304 g/mol. The van der Waals surface area contributed by atoms with E-state index in [1.165, 1.54) is 13.0 Å². The molecule has 0 saturated heterocycles. The van der Waals surface area contributed by atoms with Crippen LogP contribution in [0.2, 0.25) is 0 Å². The van der Waals surface area contributed by atoms with Gasteiger partial charge in [-0.2, -0.15) is 0 Å². The topological polar surface area (TPSA) is 127 Å². The molecule has 0 saturated carbocycles.